The van der Waals surface area contributed by atoms with Crippen LogP contribution < -0.4 is 15.8 Å². The number of nitrogens with zero attached hydrogens (tertiary/aromatic N) is 1. The summed E-state index contributed by atoms with van der Waals surface area (Å²) in [7, 11) is 0. The van der Waals surface area contributed by atoms with E-state index in [1.807, 2.05) is 6.07 Å². The molecule has 2 aromatic carbocycles. The molecule has 0 aliphatic carbocycles. The van der Waals surface area contributed by atoms with Crippen LogP contribution in [0.25, 0.3) is 6.08 Å². The molecule has 4 heteroatoms. The zero-order valence-electron chi connectivity index (χ0n) is 10.1. The van der Waals surface area contributed by atoms with Crippen molar-refractivity contribution in [3.63, 3.8) is 0 Å². The Labute approximate surface area is 120 Å². The molecule has 0 radical (unpaired) electrons. The van der Waals surface area contributed by atoms with Gasteiger partial charge < -0.3 is 10.3 Å². The van der Waals surface area contributed by atoms with Gasteiger partial charge in [-0.05, 0) is 42.0 Å². The number of nitrogens with one attached hydrogen (secondary N) is 2. The number of fused-ring (bicyclic) bond motifs is 5. The van der Waals surface area contributed by atoms with E-state index in [0.717, 1.165) is 10.2 Å². The highest BCUT2D eigenvalue weighted by molar-refractivity contribution is 9.10. The Morgan fingerprint density at radius 2 is 1.95 bits per heavy atom. The van der Waals surface area contributed by atoms with E-state index in [1.165, 1.54) is 16.9 Å². The van der Waals surface area contributed by atoms with Crippen molar-refractivity contribution in [3.05, 3.63) is 58.6 Å². The van der Waals surface area contributed by atoms with Gasteiger partial charge >= 0.3 is 0 Å². The second kappa shape index (κ2) is 4.11. The fourth-order valence-electron chi connectivity index (χ4n) is 2.64. The van der Waals surface area contributed by atoms with Gasteiger partial charge in [-0.1, -0.05) is 34.1 Å². The van der Waals surface area contributed by atoms with Gasteiger partial charge in [-0.25, -0.2) is 5.43 Å². The van der Waals surface area contributed by atoms with E-state index in [1.54, 1.807) is 0 Å². The van der Waals surface area contributed by atoms with Gasteiger partial charge in [0, 0.05) is 4.47 Å². The largest absolute Gasteiger partial charge is 0.318 e. The molecule has 1 atom stereocenters. The summed E-state index contributed by atoms with van der Waals surface area (Å²) in [5, 5.41) is 0. The highest BCUT2D eigenvalue weighted by atomic mass is 79.9. The van der Waals surface area contributed by atoms with E-state index in [0.29, 0.717) is 0 Å². The van der Waals surface area contributed by atoms with Gasteiger partial charge in [0.05, 0.1) is 17.1 Å². The molecule has 0 amide bonds. The maximum Gasteiger partial charge on any atom is 0.120 e. The lowest BCUT2D eigenvalue weighted by atomic mass is 10.0. The van der Waals surface area contributed by atoms with Crippen molar-refractivity contribution in [2.75, 3.05) is 10.3 Å². The van der Waals surface area contributed by atoms with Crippen molar-refractivity contribution in [1.29, 1.82) is 0 Å². The normalized spacial score (nSPS) is 19.2. The van der Waals surface area contributed by atoms with Crippen molar-refractivity contribution < 1.29 is 0 Å². The fraction of sp³-hybridized carbons (Fsp3) is 0.0667. The first-order valence-electron chi connectivity index (χ1n) is 6.20. The SMILES string of the molecule is Brc1ccc2c(c1)C=CC1NNc3ccccc3N21. The van der Waals surface area contributed by atoms with Crippen LogP contribution in [0.4, 0.5) is 17.1 Å². The van der Waals surface area contributed by atoms with Crippen molar-refractivity contribution in [3.8, 4) is 0 Å². The summed E-state index contributed by atoms with van der Waals surface area (Å²) in [6, 6.07) is 14.7. The standard InChI is InChI=1S/C15H12BrN3/c16-11-6-7-13-10(9-11)5-8-15-18-17-12-3-1-2-4-14(12)19(13)15/h1-9,15,17-18H. The zero-order chi connectivity index (χ0) is 12.8. The van der Waals surface area contributed by atoms with E-state index >= 15 is 0 Å². The molecule has 0 saturated heterocycles. The lowest BCUT2D eigenvalue weighted by Crippen LogP contribution is -2.49. The second-order valence-electron chi connectivity index (χ2n) is 4.66. The highest BCUT2D eigenvalue weighted by Gasteiger charge is 2.28. The predicted molar refractivity (Wildman–Crippen MR) is 82.3 cm³/mol. The molecule has 94 valence electrons. The first-order valence-corrected chi connectivity index (χ1v) is 7.00. The van der Waals surface area contributed by atoms with Gasteiger partial charge in [-0.3, -0.25) is 0 Å². The molecular formula is C15H12BrN3. The molecule has 2 aromatic rings. The Morgan fingerprint density at radius 1 is 1.05 bits per heavy atom. The molecule has 2 aliphatic heterocycles. The smallest absolute Gasteiger partial charge is 0.120 e. The minimum Gasteiger partial charge on any atom is -0.318 e. The molecule has 2 heterocycles. The molecule has 4 rings (SSSR count). The summed E-state index contributed by atoms with van der Waals surface area (Å²) >= 11 is 3.53. The maximum atomic E-state index is 3.53. The first kappa shape index (κ1) is 11.1. The van der Waals surface area contributed by atoms with Gasteiger partial charge in [-0.2, -0.15) is 0 Å². The van der Waals surface area contributed by atoms with E-state index in [9.17, 15) is 0 Å². The lowest BCUT2D eigenvalue weighted by Gasteiger charge is -2.41. The van der Waals surface area contributed by atoms with Crippen molar-refractivity contribution in [2.45, 2.75) is 6.17 Å². The molecule has 0 spiro atoms. The number of hydrogen-bond acceptors (Lipinski definition) is 3. The molecule has 1 unspecified atom stereocenters. The summed E-state index contributed by atoms with van der Waals surface area (Å²) < 4.78 is 1.10. The third-order valence-corrected chi connectivity index (χ3v) is 4.00. The Balaban J connectivity index is 1.93. The Kier molecular flexibility index (Phi) is 2.40. The molecule has 2 N–H and O–H groups in total. The van der Waals surface area contributed by atoms with Gasteiger partial charge in [-0.15, -0.1) is 0 Å². The third kappa shape index (κ3) is 1.68. The minimum absolute atomic E-state index is 0.142. The van der Waals surface area contributed by atoms with Gasteiger partial charge in [0.2, 0.25) is 0 Å². The van der Waals surface area contributed by atoms with Gasteiger partial charge in [0.15, 0.2) is 0 Å². The fourth-order valence-corrected chi connectivity index (χ4v) is 3.02. The van der Waals surface area contributed by atoms with Gasteiger partial charge in [0.25, 0.3) is 0 Å². The summed E-state index contributed by atoms with van der Waals surface area (Å²) in [4.78, 5) is 2.31. The number of hydrazine groups is 1. The molecule has 2 aliphatic rings. The van der Waals surface area contributed by atoms with E-state index in [2.05, 4.69) is 80.2 Å². The van der Waals surface area contributed by atoms with Crippen LogP contribution in [0, 0.1) is 0 Å². The van der Waals surface area contributed by atoms with Crippen LogP contribution in [0.5, 0.6) is 0 Å². The molecule has 0 saturated carbocycles. The topological polar surface area (TPSA) is 27.3 Å². The molecule has 0 aromatic heterocycles. The average molecular weight is 314 g/mol. The monoisotopic (exact) mass is 313 g/mol. The molecule has 0 bridgehead atoms. The molecular weight excluding hydrogens is 302 g/mol. The maximum absolute atomic E-state index is 3.53. The van der Waals surface area contributed by atoms with Crippen molar-refractivity contribution in [2.24, 2.45) is 0 Å². The van der Waals surface area contributed by atoms with Gasteiger partial charge in [0.1, 0.15) is 6.17 Å². The van der Waals surface area contributed by atoms with Crippen LogP contribution in [0.3, 0.4) is 0 Å². The number of anilines is 3. The van der Waals surface area contributed by atoms with E-state index in [-0.39, 0.29) is 6.17 Å². The number of rotatable bonds is 0. The predicted octanol–water partition coefficient (Wildman–Crippen LogP) is 3.87. The van der Waals surface area contributed by atoms with Crippen LogP contribution in [0.2, 0.25) is 0 Å². The Hall–Kier alpha value is -1.78. The lowest BCUT2D eigenvalue weighted by molar-refractivity contribution is 0.646. The summed E-state index contributed by atoms with van der Waals surface area (Å²) in [6.07, 6.45) is 4.46. The van der Waals surface area contributed by atoms with E-state index < -0.39 is 0 Å². The Bertz CT molecular complexity index is 681. The molecule has 0 fully saturated rings. The second-order valence-corrected chi connectivity index (χ2v) is 5.58. The van der Waals surface area contributed by atoms with Crippen LogP contribution in [-0.2, 0) is 0 Å². The summed E-state index contributed by atoms with van der Waals surface area (Å²) in [5.74, 6) is 0. The number of benzene rings is 2. The van der Waals surface area contributed by atoms with Crippen molar-refractivity contribution >= 4 is 39.1 Å². The number of halogens is 1. The molecule has 3 nitrogen and oxygen atoms in total. The molecule has 19 heavy (non-hydrogen) atoms. The van der Waals surface area contributed by atoms with Crippen LogP contribution in [-0.4, -0.2) is 6.17 Å². The Morgan fingerprint density at radius 3 is 2.89 bits per heavy atom. The summed E-state index contributed by atoms with van der Waals surface area (Å²) in [5.41, 5.74) is 11.3. The van der Waals surface area contributed by atoms with Crippen molar-refractivity contribution in [1.82, 2.24) is 5.43 Å². The number of hydrogen-bond donors (Lipinski definition) is 2. The van der Waals surface area contributed by atoms with Crippen LogP contribution >= 0.6 is 15.9 Å². The quantitative estimate of drug-likeness (QED) is 0.773. The number of para-hydroxylation sites is 2. The average Bonchev–Trinajstić information content (AvgIpc) is 2.46. The minimum atomic E-state index is 0.142. The first-order chi connectivity index (χ1) is 9.33. The highest BCUT2D eigenvalue weighted by Crippen LogP contribution is 2.41. The van der Waals surface area contributed by atoms with E-state index in [4.69, 9.17) is 0 Å². The zero-order valence-corrected chi connectivity index (χ0v) is 11.7. The third-order valence-electron chi connectivity index (χ3n) is 3.50. The van der Waals surface area contributed by atoms with Crippen LogP contribution in [0.15, 0.2) is 53.0 Å². The van der Waals surface area contributed by atoms with Crippen LogP contribution in [0.1, 0.15) is 5.56 Å². The summed E-state index contributed by atoms with van der Waals surface area (Å²) in [6.45, 7) is 0.